The number of piperidine rings is 1. The standard InChI is InChI=1S/C25H32N8O2/c1-31-15-18(16-32(2)24(31)35)17-5-6-19(27-23(34)22-28-21(14-26)29-30-22)20(13-17)33-11-9-25(10-12-33)7-3-4-8-25/h5-6,13,18H,3-4,7-12,15-16H2,1-2H3,(H,27,34)(H,28,29,30). The highest BCUT2D eigenvalue weighted by Gasteiger charge is 2.37. The number of nitrogens with one attached hydrogen (secondary N) is 2. The van der Waals surface area contributed by atoms with E-state index in [2.05, 4.69) is 31.5 Å². The van der Waals surface area contributed by atoms with Gasteiger partial charge in [0.15, 0.2) is 0 Å². The Morgan fingerprint density at radius 1 is 1.14 bits per heavy atom. The fourth-order valence-electron chi connectivity index (χ4n) is 5.99. The summed E-state index contributed by atoms with van der Waals surface area (Å²) in [5.41, 5.74) is 3.34. The van der Waals surface area contributed by atoms with E-state index in [4.69, 9.17) is 5.26 Å². The predicted molar refractivity (Wildman–Crippen MR) is 131 cm³/mol. The molecule has 0 radical (unpaired) electrons. The van der Waals surface area contributed by atoms with E-state index in [1.807, 2.05) is 32.3 Å². The quantitative estimate of drug-likeness (QED) is 0.699. The molecule has 5 rings (SSSR count). The first-order valence-electron chi connectivity index (χ1n) is 12.4. The molecule has 2 N–H and O–H groups in total. The van der Waals surface area contributed by atoms with Crippen LogP contribution in [-0.4, -0.2) is 77.2 Å². The van der Waals surface area contributed by atoms with Crippen LogP contribution in [0.5, 0.6) is 0 Å². The summed E-state index contributed by atoms with van der Waals surface area (Å²) in [6, 6.07) is 8.02. The molecule has 1 aliphatic carbocycles. The SMILES string of the molecule is CN1CC(c2ccc(NC(=O)c3nc(C#N)n[nH]3)c(N3CCC4(CCCC4)CC3)c2)CN(C)C1=O. The minimum Gasteiger partial charge on any atom is -0.370 e. The molecular weight excluding hydrogens is 444 g/mol. The van der Waals surface area contributed by atoms with Crippen LogP contribution in [0.3, 0.4) is 0 Å². The maximum atomic E-state index is 12.9. The number of hydrogen-bond acceptors (Lipinski definition) is 6. The third-order valence-electron chi connectivity index (χ3n) is 8.01. The van der Waals surface area contributed by atoms with E-state index in [-0.39, 0.29) is 23.6 Å². The Morgan fingerprint density at radius 3 is 2.46 bits per heavy atom. The molecule has 0 bridgehead atoms. The molecule has 1 spiro atoms. The molecule has 1 saturated carbocycles. The number of carbonyl (C=O) groups is 2. The van der Waals surface area contributed by atoms with Gasteiger partial charge in [0.1, 0.15) is 6.07 Å². The molecule has 0 atom stereocenters. The lowest BCUT2D eigenvalue weighted by atomic mass is 9.77. The van der Waals surface area contributed by atoms with Crippen molar-refractivity contribution in [3.05, 3.63) is 35.4 Å². The van der Waals surface area contributed by atoms with Crippen LogP contribution in [-0.2, 0) is 0 Å². The van der Waals surface area contributed by atoms with Crippen LogP contribution in [0.2, 0.25) is 0 Å². The van der Waals surface area contributed by atoms with E-state index in [0.717, 1.165) is 24.3 Å². The first-order valence-corrected chi connectivity index (χ1v) is 12.4. The van der Waals surface area contributed by atoms with Crippen LogP contribution < -0.4 is 10.2 Å². The molecule has 35 heavy (non-hydrogen) atoms. The highest BCUT2D eigenvalue weighted by atomic mass is 16.2. The molecule has 1 aromatic carbocycles. The van der Waals surface area contributed by atoms with Crippen molar-refractivity contribution in [2.24, 2.45) is 5.41 Å². The summed E-state index contributed by atoms with van der Waals surface area (Å²) in [5, 5.41) is 18.2. The lowest BCUT2D eigenvalue weighted by molar-refractivity contribution is 0.101. The van der Waals surface area contributed by atoms with Gasteiger partial charge in [0.2, 0.25) is 5.82 Å². The van der Waals surface area contributed by atoms with Gasteiger partial charge in [0, 0.05) is 46.2 Å². The fourth-order valence-corrected chi connectivity index (χ4v) is 5.99. The number of aromatic amines is 1. The van der Waals surface area contributed by atoms with Gasteiger partial charge >= 0.3 is 6.03 Å². The summed E-state index contributed by atoms with van der Waals surface area (Å²) in [5.74, 6) is -0.303. The summed E-state index contributed by atoms with van der Waals surface area (Å²) in [6.45, 7) is 3.23. The van der Waals surface area contributed by atoms with Crippen molar-refractivity contribution in [1.82, 2.24) is 25.0 Å². The Hall–Kier alpha value is -3.61. The van der Waals surface area contributed by atoms with E-state index in [1.165, 1.54) is 38.5 Å². The number of rotatable bonds is 4. The number of carbonyl (C=O) groups excluding carboxylic acids is 2. The summed E-state index contributed by atoms with van der Waals surface area (Å²) >= 11 is 0. The lowest BCUT2D eigenvalue weighted by Gasteiger charge is -2.41. The van der Waals surface area contributed by atoms with Gasteiger partial charge in [-0.3, -0.25) is 9.89 Å². The second-order valence-corrected chi connectivity index (χ2v) is 10.3. The topological polar surface area (TPSA) is 121 Å². The van der Waals surface area contributed by atoms with Crippen LogP contribution in [0.25, 0.3) is 0 Å². The minimum atomic E-state index is -0.431. The van der Waals surface area contributed by atoms with Crippen molar-refractivity contribution in [3.8, 4) is 6.07 Å². The van der Waals surface area contributed by atoms with Crippen LogP contribution in [0.1, 0.15) is 66.4 Å². The smallest absolute Gasteiger partial charge is 0.319 e. The first-order chi connectivity index (χ1) is 16.9. The second-order valence-electron chi connectivity index (χ2n) is 10.3. The number of likely N-dealkylation sites (N-methyl/N-ethyl adjacent to an activating group) is 2. The van der Waals surface area contributed by atoms with Gasteiger partial charge in [-0.1, -0.05) is 18.9 Å². The van der Waals surface area contributed by atoms with Crippen LogP contribution in [0.4, 0.5) is 16.2 Å². The number of nitrogens with zero attached hydrogens (tertiary/aromatic N) is 6. The van der Waals surface area contributed by atoms with Crippen LogP contribution in [0, 0.1) is 16.7 Å². The summed E-state index contributed by atoms with van der Waals surface area (Å²) in [4.78, 5) is 34.9. The number of urea groups is 1. The molecule has 10 heteroatoms. The first kappa shape index (κ1) is 23.1. The van der Waals surface area contributed by atoms with Gasteiger partial charge < -0.3 is 20.0 Å². The molecule has 184 valence electrons. The zero-order chi connectivity index (χ0) is 24.6. The molecule has 2 saturated heterocycles. The van der Waals surface area contributed by atoms with Crippen LogP contribution >= 0.6 is 0 Å². The van der Waals surface area contributed by atoms with Crippen molar-refractivity contribution in [2.45, 2.75) is 44.4 Å². The summed E-state index contributed by atoms with van der Waals surface area (Å²) < 4.78 is 0. The number of H-pyrrole nitrogens is 1. The number of anilines is 2. The molecular formula is C25H32N8O2. The maximum absolute atomic E-state index is 12.9. The molecule has 3 amide bonds. The Bertz CT molecular complexity index is 1140. The molecule has 0 unspecified atom stereocenters. The zero-order valence-electron chi connectivity index (χ0n) is 20.4. The van der Waals surface area contributed by atoms with E-state index in [1.54, 1.807) is 9.80 Å². The Morgan fingerprint density at radius 2 is 1.83 bits per heavy atom. The number of benzene rings is 1. The Kier molecular flexibility index (Phi) is 6.09. The third kappa shape index (κ3) is 4.55. The predicted octanol–water partition coefficient (Wildman–Crippen LogP) is 3.17. The van der Waals surface area contributed by atoms with E-state index in [9.17, 15) is 9.59 Å². The van der Waals surface area contributed by atoms with E-state index in [0.29, 0.717) is 24.2 Å². The number of amides is 3. The molecule has 2 aromatic rings. The van der Waals surface area contributed by atoms with Crippen molar-refractivity contribution in [2.75, 3.05) is 50.5 Å². The van der Waals surface area contributed by atoms with E-state index >= 15 is 0 Å². The van der Waals surface area contributed by atoms with Crippen molar-refractivity contribution in [3.63, 3.8) is 0 Å². The van der Waals surface area contributed by atoms with Crippen molar-refractivity contribution in [1.29, 1.82) is 5.26 Å². The maximum Gasteiger partial charge on any atom is 0.319 e. The Labute approximate surface area is 205 Å². The lowest BCUT2D eigenvalue weighted by Crippen LogP contribution is -2.49. The average Bonchev–Trinajstić information content (AvgIpc) is 3.53. The summed E-state index contributed by atoms with van der Waals surface area (Å²) in [7, 11) is 3.66. The zero-order valence-corrected chi connectivity index (χ0v) is 20.4. The van der Waals surface area contributed by atoms with Gasteiger partial charge in [-0.25, -0.2) is 4.79 Å². The highest BCUT2D eigenvalue weighted by molar-refractivity contribution is 6.03. The number of aromatic nitrogens is 3. The Balaban J connectivity index is 1.42. The number of hydrogen-bond donors (Lipinski definition) is 2. The normalized spacial score (nSPS) is 20.4. The van der Waals surface area contributed by atoms with Crippen LogP contribution in [0.15, 0.2) is 18.2 Å². The van der Waals surface area contributed by atoms with Gasteiger partial charge in [-0.2, -0.15) is 10.2 Å². The molecule has 3 heterocycles. The molecule has 3 aliphatic rings. The van der Waals surface area contributed by atoms with Gasteiger partial charge in [0.25, 0.3) is 11.7 Å². The number of nitriles is 1. The highest BCUT2D eigenvalue weighted by Crippen LogP contribution is 2.47. The minimum absolute atomic E-state index is 0.00849. The molecule has 3 fully saturated rings. The third-order valence-corrected chi connectivity index (χ3v) is 8.01. The molecule has 1 aromatic heterocycles. The summed E-state index contributed by atoms with van der Waals surface area (Å²) in [6.07, 6.45) is 7.65. The van der Waals surface area contributed by atoms with Crippen molar-refractivity contribution >= 4 is 23.3 Å². The van der Waals surface area contributed by atoms with E-state index < -0.39 is 5.91 Å². The monoisotopic (exact) mass is 476 g/mol. The van der Waals surface area contributed by atoms with Gasteiger partial charge in [-0.05, 0) is 48.8 Å². The average molecular weight is 477 g/mol. The second kappa shape index (κ2) is 9.21. The fraction of sp³-hybridized carbons (Fsp3) is 0.560. The van der Waals surface area contributed by atoms with Crippen molar-refractivity contribution < 1.29 is 9.59 Å². The van der Waals surface area contributed by atoms with Gasteiger partial charge in [-0.15, -0.1) is 5.10 Å². The molecule has 10 nitrogen and oxygen atoms in total. The van der Waals surface area contributed by atoms with Gasteiger partial charge in [0.05, 0.1) is 11.4 Å². The largest absolute Gasteiger partial charge is 0.370 e. The molecule has 2 aliphatic heterocycles.